The molecule has 1 amide bonds. The van der Waals surface area contributed by atoms with E-state index in [2.05, 4.69) is 15.3 Å². The van der Waals surface area contributed by atoms with Crippen molar-refractivity contribution in [1.82, 2.24) is 14.9 Å². The van der Waals surface area contributed by atoms with Gasteiger partial charge in [-0.1, -0.05) is 48.0 Å². The fourth-order valence-corrected chi connectivity index (χ4v) is 2.70. The molecule has 1 N–H and O–H groups in total. The number of anilines is 2. The van der Waals surface area contributed by atoms with E-state index >= 15 is 0 Å². The summed E-state index contributed by atoms with van der Waals surface area (Å²) >= 11 is 6.14. The van der Waals surface area contributed by atoms with Crippen molar-refractivity contribution in [3.8, 4) is 0 Å². The first-order valence-electron chi connectivity index (χ1n) is 8.19. The highest BCUT2D eigenvalue weighted by Gasteiger charge is 2.15. The van der Waals surface area contributed by atoms with Crippen LogP contribution in [0.15, 0.2) is 60.8 Å². The van der Waals surface area contributed by atoms with Gasteiger partial charge in [-0.3, -0.25) is 4.79 Å². The molecule has 2 aromatic carbocycles. The van der Waals surface area contributed by atoms with Crippen LogP contribution in [0, 0.1) is 6.92 Å². The maximum Gasteiger partial charge on any atom is 0.272 e. The Kier molecular flexibility index (Phi) is 5.49. The fourth-order valence-electron chi connectivity index (χ4n) is 2.53. The monoisotopic (exact) mass is 366 g/mol. The van der Waals surface area contributed by atoms with Crippen LogP contribution in [0.25, 0.3) is 0 Å². The lowest BCUT2D eigenvalue weighted by molar-refractivity contribution is 0.0779. The molecule has 0 fully saturated rings. The molecule has 5 nitrogen and oxygen atoms in total. The number of carbonyl (C=O) groups is 1. The molecule has 0 aliphatic carbocycles. The number of carbonyl (C=O) groups excluding carboxylic acids is 1. The summed E-state index contributed by atoms with van der Waals surface area (Å²) in [5, 5.41) is 3.78. The third-order valence-electron chi connectivity index (χ3n) is 4.00. The minimum Gasteiger partial charge on any atom is -0.336 e. The summed E-state index contributed by atoms with van der Waals surface area (Å²) in [7, 11) is 1.76. The van der Waals surface area contributed by atoms with E-state index in [-0.39, 0.29) is 5.91 Å². The van der Waals surface area contributed by atoms with Gasteiger partial charge in [0.2, 0.25) is 5.95 Å². The van der Waals surface area contributed by atoms with Gasteiger partial charge >= 0.3 is 0 Å². The van der Waals surface area contributed by atoms with Gasteiger partial charge in [0.15, 0.2) is 0 Å². The second-order valence-corrected chi connectivity index (χ2v) is 6.36. The summed E-state index contributed by atoms with van der Waals surface area (Å²) in [6.45, 7) is 2.42. The van der Waals surface area contributed by atoms with Gasteiger partial charge in [0.05, 0.1) is 0 Å². The Morgan fingerprint density at radius 1 is 1.12 bits per heavy atom. The number of hydrogen-bond acceptors (Lipinski definition) is 4. The summed E-state index contributed by atoms with van der Waals surface area (Å²) in [4.78, 5) is 22.8. The van der Waals surface area contributed by atoms with Crippen LogP contribution in [-0.4, -0.2) is 27.8 Å². The van der Waals surface area contributed by atoms with Crippen molar-refractivity contribution in [2.75, 3.05) is 12.4 Å². The van der Waals surface area contributed by atoms with Crippen molar-refractivity contribution in [3.63, 3.8) is 0 Å². The Balaban J connectivity index is 1.76. The van der Waals surface area contributed by atoms with Crippen LogP contribution in [0.3, 0.4) is 0 Å². The number of nitrogens with zero attached hydrogens (tertiary/aromatic N) is 3. The quantitative estimate of drug-likeness (QED) is 0.724. The molecule has 0 atom stereocenters. The lowest BCUT2D eigenvalue weighted by atomic mass is 10.2. The van der Waals surface area contributed by atoms with Crippen LogP contribution in [0.2, 0.25) is 5.02 Å². The first-order chi connectivity index (χ1) is 12.5. The molecular weight excluding hydrogens is 348 g/mol. The van der Waals surface area contributed by atoms with Gasteiger partial charge in [-0.15, -0.1) is 0 Å². The van der Waals surface area contributed by atoms with Gasteiger partial charge in [0.25, 0.3) is 5.91 Å². The number of nitrogens with one attached hydrogen (secondary N) is 1. The molecular formula is C20H19ClN4O. The molecule has 26 heavy (non-hydrogen) atoms. The molecule has 0 aliphatic heterocycles. The smallest absolute Gasteiger partial charge is 0.272 e. The van der Waals surface area contributed by atoms with Crippen molar-refractivity contribution in [2.45, 2.75) is 13.5 Å². The molecule has 132 valence electrons. The van der Waals surface area contributed by atoms with Crippen molar-refractivity contribution in [2.24, 2.45) is 0 Å². The zero-order valence-electron chi connectivity index (χ0n) is 14.6. The van der Waals surface area contributed by atoms with E-state index in [0.717, 1.165) is 16.8 Å². The van der Waals surface area contributed by atoms with E-state index in [1.54, 1.807) is 24.2 Å². The lowest BCUT2D eigenvalue weighted by Crippen LogP contribution is -2.27. The number of hydrogen-bond donors (Lipinski definition) is 1. The predicted octanol–water partition coefficient (Wildman–Crippen LogP) is 4.45. The van der Waals surface area contributed by atoms with Crippen LogP contribution in [0.5, 0.6) is 0 Å². The highest BCUT2D eigenvalue weighted by atomic mass is 35.5. The van der Waals surface area contributed by atoms with E-state index in [1.165, 1.54) is 0 Å². The topological polar surface area (TPSA) is 58.1 Å². The molecule has 0 aliphatic rings. The average molecular weight is 367 g/mol. The normalized spacial score (nSPS) is 10.4. The number of halogens is 1. The molecule has 0 saturated heterocycles. The molecule has 0 radical (unpaired) electrons. The Hall–Kier alpha value is -2.92. The van der Waals surface area contributed by atoms with E-state index in [4.69, 9.17) is 11.6 Å². The summed E-state index contributed by atoms with van der Waals surface area (Å²) in [6.07, 6.45) is 1.57. The van der Waals surface area contributed by atoms with Crippen molar-refractivity contribution in [3.05, 3.63) is 82.6 Å². The van der Waals surface area contributed by atoms with E-state index in [0.29, 0.717) is 23.2 Å². The number of aromatic nitrogens is 2. The molecule has 1 aromatic heterocycles. The highest BCUT2D eigenvalue weighted by Crippen LogP contribution is 2.24. The number of benzene rings is 2. The average Bonchev–Trinajstić information content (AvgIpc) is 2.66. The van der Waals surface area contributed by atoms with Crippen molar-refractivity contribution >= 4 is 29.1 Å². The summed E-state index contributed by atoms with van der Waals surface area (Å²) < 4.78 is 0. The summed E-state index contributed by atoms with van der Waals surface area (Å²) in [5.41, 5.74) is 3.10. The summed E-state index contributed by atoms with van der Waals surface area (Å²) in [5.74, 6) is 0.191. The molecule has 3 aromatic rings. The van der Waals surface area contributed by atoms with E-state index in [1.807, 2.05) is 55.5 Å². The number of amides is 1. The van der Waals surface area contributed by atoms with Crippen LogP contribution in [0.1, 0.15) is 21.6 Å². The van der Waals surface area contributed by atoms with Crippen molar-refractivity contribution in [1.29, 1.82) is 0 Å². The maximum atomic E-state index is 12.7. The molecule has 0 bridgehead atoms. The van der Waals surface area contributed by atoms with E-state index in [9.17, 15) is 4.79 Å². The van der Waals surface area contributed by atoms with E-state index < -0.39 is 0 Å². The second-order valence-electron chi connectivity index (χ2n) is 5.95. The zero-order chi connectivity index (χ0) is 18.5. The highest BCUT2D eigenvalue weighted by molar-refractivity contribution is 6.31. The number of rotatable bonds is 5. The lowest BCUT2D eigenvalue weighted by Gasteiger charge is -2.17. The van der Waals surface area contributed by atoms with Crippen LogP contribution >= 0.6 is 11.6 Å². The molecule has 1 heterocycles. The van der Waals surface area contributed by atoms with Crippen LogP contribution < -0.4 is 5.32 Å². The predicted molar refractivity (Wildman–Crippen MR) is 104 cm³/mol. The van der Waals surface area contributed by atoms with Gasteiger partial charge in [-0.25, -0.2) is 9.97 Å². The Labute approximate surface area is 157 Å². The van der Waals surface area contributed by atoms with Gasteiger partial charge in [0.1, 0.15) is 5.69 Å². The first-order valence-corrected chi connectivity index (χ1v) is 8.57. The summed E-state index contributed by atoms with van der Waals surface area (Å²) in [6, 6.07) is 17.0. The van der Waals surface area contributed by atoms with Crippen LogP contribution in [-0.2, 0) is 6.54 Å². The molecule has 0 spiro atoms. The molecule has 0 saturated carbocycles. The van der Waals surface area contributed by atoms with Gasteiger partial charge < -0.3 is 10.2 Å². The molecule has 3 rings (SSSR count). The Morgan fingerprint density at radius 2 is 1.88 bits per heavy atom. The SMILES string of the molecule is Cc1c(Cl)cccc1Nc1nccc(C(=O)N(C)Cc2ccccc2)n1. The van der Waals surface area contributed by atoms with Gasteiger partial charge in [0, 0.05) is 30.5 Å². The van der Waals surface area contributed by atoms with Gasteiger partial charge in [-0.05, 0) is 36.2 Å². The minimum absolute atomic E-state index is 0.165. The third-order valence-corrected chi connectivity index (χ3v) is 4.41. The minimum atomic E-state index is -0.165. The third kappa shape index (κ3) is 4.18. The first kappa shape index (κ1) is 17.9. The fraction of sp³-hybridized carbons (Fsp3) is 0.150. The molecule has 0 unspecified atom stereocenters. The Bertz CT molecular complexity index is 915. The standard InChI is InChI=1S/C20H19ClN4O/c1-14-16(21)9-6-10-17(14)23-20-22-12-11-18(24-20)19(26)25(2)13-15-7-4-3-5-8-15/h3-12H,13H2,1-2H3,(H,22,23,24). The molecule has 6 heteroatoms. The largest absolute Gasteiger partial charge is 0.336 e. The zero-order valence-corrected chi connectivity index (χ0v) is 15.4. The second kappa shape index (κ2) is 7.97. The van der Waals surface area contributed by atoms with Crippen molar-refractivity contribution < 1.29 is 4.79 Å². The van der Waals surface area contributed by atoms with Crippen LogP contribution in [0.4, 0.5) is 11.6 Å². The maximum absolute atomic E-state index is 12.7. The Morgan fingerprint density at radius 3 is 2.65 bits per heavy atom. The van der Waals surface area contributed by atoms with Gasteiger partial charge in [-0.2, -0.15) is 0 Å².